The van der Waals surface area contributed by atoms with Crippen molar-refractivity contribution in [1.29, 1.82) is 0 Å². The van der Waals surface area contributed by atoms with E-state index >= 15 is 0 Å². The average Bonchev–Trinajstić information content (AvgIpc) is 2.86. The largest absolute Gasteiger partial charge is 0.395 e. The summed E-state index contributed by atoms with van der Waals surface area (Å²) in [6.07, 6.45) is 3.69. The van der Waals surface area contributed by atoms with Crippen LogP contribution in [0.3, 0.4) is 0 Å². The molecular weight excluding hydrogens is 182 g/mol. The number of hydrogen-bond donors (Lipinski definition) is 2. The van der Waals surface area contributed by atoms with Gasteiger partial charge in [-0.2, -0.15) is 11.8 Å². The Morgan fingerprint density at radius 2 is 2.15 bits per heavy atom. The summed E-state index contributed by atoms with van der Waals surface area (Å²) >= 11 is 1.97. The number of thioether (sulfide) groups is 1. The van der Waals surface area contributed by atoms with Crippen LogP contribution in [0.25, 0.3) is 0 Å². The number of aliphatic hydroxyl groups is 1. The first-order valence-corrected chi connectivity index (χ1v) is 6.25. The first-order valence-electron chi connectivity index (χ1n) is 5.21. The van der Waals surface area contributed by atoms with Crippen LogP contribution in [0.5, 0.6) is 0 Å². The van der Waals surface area contributed by atoms with E-state index in [2.05, 4.69) is 19.2 Å². The highest BCUT2D eigenvalue weighted by Gasteiger charge is 2.23. The zero-order valence-electron chi connectivity index (χ0n) is 8.62. The Hall–Kier alpha value is 0.270. The smallest absolute Gasteiger partial charge is 0.0585 e. The molecule has 1 aliphatic rings. The molecule has 1 saturated carbocycles. The standard InChI is InChI=1S/C10H21NOS/c1-8(2)13-6-5-10(7-12)11-9-3-4-9/h8-12H,3-7H2,1-2H3. The maximum absolute atomic E-state index is 9.10. The summed E-state index contributed by atoms with van der Waals surface area (Å²) < 4.78 is 0. The van der Waals surface area contributed by atoms with Crippen LogP contribution in [0.4, 0.5) is 0 Å². The van der Waals surface area contributed by atoms with E-state index in [0.29, 0.717) is 17.3 Å². The van der Waals surface area contributed by atoms with E-state index in [4.69, 9.17) is 5.11 Å². The highest BCUT2D eigenvalue weighted by atomic mass is 32.2. The minimum atomic E-state index is 0.287. The van der Waals surface area contributed by atoms with Gasteiger partial charge in [0.25, 0.3) is 0 Å². The Morgan fingerprint density at radius 1 is 1.46 bits per heavy atom. The second-order valence-corrected chi connectivity index (χ2v) is 5.71. The van der Waals surface area contributed by atoms with Crippen LogP contribution in [-0.4, -0.2) is 34.8 Å². The van der Waals surface area contributed by atoms with E-state index in [-0.39, 0.29) is 6.61 Å². The normalized spacial score (nSPS) is 19.4. The molecule has 0 spiro atoms. The SMILES string of the molecule is CC(C)SCCC(CO)NC1CC1. The first-order chi connectivity index (χ1) is 6.22. The summed E-state index contributed by atoms with van der Waals surface area (Å²) in [5.74, 6) is 1.16. The van der Waals surface area contributed by atoms with Gasteiger partial charge in [-0.05, 0) is 30.3 Å². The molecule has 0 saturated heterocycles. The van der Waals surface area contributed by atoms with Gasteiger partial charge in [0.2, 0.25) is 0 Å². The Kier molecular flexibility index (Phi) is 5.14. The molecule has 2 N–H and O–H groups in total. The van der Waals surface area contributed by atoms with E-state index in [1.807, 2.05) is 11.8 Å². The minimum Gasteiger partial charge on any atom is -0.395 e. The van der Waals surface area contributed by atoms with E-state index in [9.17, 15) is 0 Å². The van der Waals surface area contributed by atoms with Gasteiger partial charge in [0, 0.05) is 12.1 Å². The van der Waals surface area contributed by atoms with Crippen LogP contribution < -0.4 is 5.32 Å². The molecule has 1 atom stereocenters. The molecule has 78 valence electrons. The number of aliphatic hydroxyl groups excluding tert-OH is 1. The molecule has 2 nitrogen and oxygen atoms in total. The Morgan fingerprint density at radius 3 is 2.62 bits per heavy atom. The lowest BCUT2D eigenvalue weighted by molar-refractivity contribution is 0.238. The van der Waals surface area contributed by atoms with Crippen molar-refractivity contribution in [3.05, 3.63) is 0 Å². The molecule has 1 rings (SSSR count). The highest BCUT2D eigenvalue weighted by molar-refractivity contribution is 7.99. The molecule has 1 fully saturated rings. The molecule has 0 bridgehead atoms. The van der Waals surface area contributed by atoms with E-state index in [1.165, 1.54) is 12.8 Å². The molecule has 0 radical (unpaired) electrons. The molecule has 0 aromatic carbocycles. The maximum atomic E-state index is 9.10. The second-order valence-electron chi connectivity index (χ2n) is 4.03. The van der Waals surface area contributed by atoms with Gasteiger partial charge >= 0.3 is 0 Å². The second kappa shape index (κ2) is 5.89. The summed E-state index contributed by atoms with van der Waals surface area (Å²) in [5.41, 5.74) is 0. The summed E-state index contributed by atoms with van der Waals surface area (Å²) in [5, 5.41) is 13.3. The Balaban J connectivity index is 2.01. The van der Waals surface area contributed by atoms with Crippen molar-refractivity contribution in [3.63, 3.8) is 0 Å². The van der Waals surface area contributed by atoms with Crippen molar-refractivity contribution in [3.8, 4) is 0 Å². The Labute approximate surface area is 85.5 Å². The molecule has 0 aromatic heterocycles. The van der Waals surface area contributed by atoms with Crippen molar-refractivity contribution < 1.29 is 5.11 Å². The van der Waals surface area contributed by atoms with Gasteiger partial charge in [0.05, 0.1) is 6.61 Å². The molecule has 13 heavy (non-hydrogen) atoms. The van der Waals surface area contributed by atoms with Gasteiger partial charge in [-0.3, -0.25) is 0 Å². The molecule has 1 aliphatic carbocycles. The minimum absolute atomic E-state index is 0.287. The highest BCUT2D eigenvalue weighted by Crippen LogP contribution is 2.20. The maximum Gasteiger partial charge on any atom is 0.0585 e. The van der Waals surface area contributed by atoms with E-state index < -0.39 is 0 Å². The van der Waals surface area contributed by atoms with E-state index in [0.717, 1.165) is 12.2 Å². The lowest BCUT2D eigenvalue weighted by Gasteiger charge is -2.15. The van der Waals surface area contributed by atoms with Crippen LogP contribution >= 0.6 is 11.8 Å². The zero-order valence-corrected chi connectivity index (χ0v) is 9.44. The number of rotatable bonds is 7. The molecule has 3 heteroatoms. The third-order valence-corrected chi connectivity index (χ3v) is 3.32. The fourth-order valence-electron chi connectivity index (χ4n) is 1.26. The van der Waals surface area contributed by atoms with Crippen molar-refractivity contribution in [2.45, 2.75) is 50.4 Å². The van der Waals surface area contributed by atoms with Crippen LogP contribution in [0.2, 0.25) is 0 Å². The van der Waals surface area contributed by atoms with Crippen LogP contribution in [0, 0.1) is 0 Å². The molecule has 1 unspecified atom stereocenters. The van der Waals surface area contributed by atoms with E-state index in [1.54, 1.807) is 0 Å². The van der Waals surface area contributed by atoms with Gasteiger partial charge in [0.1, 0.15) is 0 Å². The monoisotopic (exact) mass is 203 g/mol. The fraction of sp³-hybridized carbons (Fsp3) is 1.00. The molecule has 0 aromatic rings. The summed E-state index contributed by atoms with van der Waals surface area (Å²) in [7, 11) is 0. The molecular formula is C10H21NOS. The molecule has 0 amide bonds. The van der Waals surface area contributed by atoms with Crippen LogP contribution in [0.1, 0.15) is 33.1 Å². The Bertz CT molecular complexity index is 137. The van der Waals surface area contributed by atoms with Crippen molar-refractivity contribution in [1.82, 2.24) is 5.32 Å². The van der Waals surface area contributed by atoms with Gasteiger partial charge in [-0.25, -0.2) is 0 Å². The summed E-state index contributed by atoms with van der Waals surface area (Å²) in [6.45, 7) is 4.72. The quantitative estimate of drug-likeness (QED) is 0.659. The van der Waals surface area contributed by atoms with Crippen LogP contribution in [0.15, 0.2) is 0 Å². The predicted molar refractivity (Wildman–Crippen MR) is 59.2 cm³/mol. The van der Waals surface area contributed by atoms with Crippen molar-refractivity contribution in [2.24, 2.45) is 0 Å². The van der Waals surface area contributed by atoms with Gasteiger partial charge in [-0.15, -0.1) is 0 Å². The number of hydrogen-bond acceptors (Lipinski definition) is 3. The first kappa shape index (κ1) is 11.3. The summed E-state index contributed by atoms with van der Waals surface area (Å²) in [6, 6.07) is 1.04. The van der Waals surface area contributed by atoms with Crippen molar-refractivity contribution in [2.75, 3.05) is 12.4 Å². The third-order valence-electron chi connectivity index (χ3n) is 2.19. The van der Waals surface area contributed by atoms with Crippen molar-refractivity contribution >= 4 is 11.8 Å². The third kappa shape index (κ3) is 5.55. The zero-order chi connectivity index (χ0) is 9.68. The predicted octanol–water partition coefficient (Wildman–Crippen LogP) is 1.63. The fourth-order valence-corrected chi connectivity index (χ4v) is 2.15. The molecule has 0 aliphatic heterocycles. The molecule has 0 heterocycles. The average molecular weight is 203 g/mol. The van der Waals surface area contributed by atoms with Crippen LogP contribution in [-0.2, 0) is 0 Å². The van der Waals surface area contributed by atoms with Gasteiger partial charge in [0.15, 0.2) is 0 Å². The lowest BCUT2D eigenvalue weighted by Crippen LogP contribution is -2.34. The lowest BCUT2D eigenvalue weighted by atomic mass is 10.2. The summed E-state index contributed by atoms with van der Waals surface area (Å²) in [4.78, 5) is 0. The van der Waals surface area contributed by atoms with Gasteiger partial charge < -0.3 is 10.4 Å². The number of nitrogens with one attached hydrogen (secondary N) is 1. The van der Waals surface area contributed by atoms with Gasteiger partial charge in [-0.1, -0.05) is 13.8 Å². The topological polar surface area (TPSA) is 32.3 Å².